The second-order valence-corrected chi connectivity index (χ2v) is 5.05. The number of nitrogens with zero attached hydrogens (tertiary/aromatic N) is 2. The number of aliphatic hydroxyl groups excluding tert-OH is 1. The summed E-state index contributed by atoms with van der Waals surface area (Å²) in [5.41, 5.74) is 0. The molecular weight excluding hydrogens is 236 g/mol. The zero-order valence-electron chi connectivity index (χ0n) is 11.3. The molecule has 0 aromatic rings. The number of hydrogen-bond acceptors (Lipinski definition) is 4. The minimum Gasteiger partial charge on any atom is -0.389 e. The topological polar surface area (TPSA) is 70.1 Å². The number of ether oxygens (including phenoxy) is 1. The maximum absolute atomic E-state index is 12.0. The van der Waals surface area contributed by atoms with Crippen LogP contribution in [0.25, 0.3) is 0 Å². The van der Waals surface area contributed by atoms with Gasteiger partial charge in [-0.1, -0.05) is 13.8 Å². The van der Waals surface area contributed by atoms with Gasteiger partial charge in [-0.3, -0.25) is 9.59 Å². The molecule has 1 fully saturated rings. The molecule has 104 valence electrons. The first-order chi connectivity index (χ1) is 8.43. The highest BCUT2D eigenvalue weighted by Gasteiger charge is 2.29. The Morgan fingerprint density at radius 3 is 2.72 bits per heavy atom. The van der Waals surface area contributed by atoms with E-state index < -0.39 is 6.10 Å². The maximum atomic E-state index is 12.0. The second-order valence-electron chi connectivity index (χ2n) is 5.05. The van der Waals surface area contributed by atoms with Gasteiger partial charge in [-0.2, -0.15) is 0 Å². The summed E-state index contributed by atoms with van der Waals surface area (Å²) in [6, 6.07) is 0. The summed E-state index contributed by atoms with van der Waals surface area (Å²) in [7, 11) is 1.43. The van der Waals surface area contributed by atoms with Crippen LogP contribution < -0.4 is 0 Å². The van der Waals surface area contributed by atoms with Crippen molar-refractivity contribution < 1.29 is 19.4 Å². The van der Waals surface area contributed by atoms with Crippen LogP contribution in [0.3, 0.4) is 0 Å². The van der Waals surface area contributed by atoms with Crippen LogP contribution in [0.4, 0.5) is 0 Å². The van der Waals surface area contributed by atoms with E-state index >= 15 is 0 Å². The molecule has 0 aromatic carbocycles. The van der Waals surface area contributed by atoms with Crippen molar-refractivity contribution in [3.05, 3.63) is 0 Å². The molecule has 1 unspecified atom stereocenters. The molecule has 6 heteroatoms. The van der Waals surface area contributed by atoms with E-state index in [1.807, 2.05) is 13.8 Å². The first-order valence-corrected chi connectivity index (χ1v) is 6.16. The summed E-state index contributed by atoms with van der Waals surface area (Å²) < 4.78 is 4.76. The van der Waals surface area contributed by atoms with Crippen molar-refractivity contribution in [1.29, 1.82) is 0 Å². The fourth-order valence-corrected chi connectivity index (χ4v) is 2.02. The Morgan fingerprint density at radius 1 is 1.50 bits per heavy atom. The molecule has 1 aliphatic heterocycles. The Labute approximate surface area is 107 Å². The number of β-amino-alcohol motifs (C(OH)–C–C–N with tert-alkyl or cyclic N) is 1. The number of hydrogen-bond donors (Lipinski definition) is 1. The van der Waals surface area contributed by atoms with Gasteiger partial charge in [0, 0.05) is 26.7 Å². The SMILES string of the molecule is COCC(=O)N1CC(=O)N(CC(C)C)CC(O)C1. The summed E-state index contributed by atoms with van der Waals surface area (Å²) in [5, 5.41) is 9.85. The molecule has 0 spiro atoms. The molecule has 1 N–H and O–H groups in total. The van der Waals surface area contributed by atoms with Crippen LogP contribution in [0.5, 0.6) is 0 Å². The lowest BCUT2D eigenvalue weighted by Crippen LogP contribution is -2.41. The van der Waals surface area contributed by atoms with Crippen molar-refractivity contribution in [1.82, 2.24) is 9.80 Å². The summed E-state index contributed by atoms with van der Waals surface area (Å²) >= 11 is 0. The minimum absolute atomic E-state index is 0.0198. The largest absolute Gasteiger partial charge is 0.389 e. The second kappa shape index (κ2) is 6.70. The lowest BCUT2D eigenvalue weighted by Gasteiger charge is -2.23. The fraction of sp³-hybridized carbons (Fsp3) is 0.833. The Bertz CT molecular complexity index is 306. The first-order valence-electron chi connectivity index (χ1n) is 6.16. The van der Waals surface area contributed by atoms with E-state index in [-0.39, 0.29) is 38.1 Å². The Morgan fingerprint density at radius 2 is 2.17 bits per heavy atom. The first kappa shape index (κ1) is 14.9. The predicted octanol–water partition coefficient (Wildman–Crippen LogP) is -0.679. The van der Waals surface area contributed by atoms with E-state index in [1.54, 1.807) is 4.90 Å². The van der Waals surface area contributed by atoms with Gasteiger partial charge in [-0.15, -0.1) is 0 Å². The smallest absolute Gasteiger partial charge is 0.249 e. The molecule has 1 rings (SSSR count). The molecule has 0 aromatic heterocycles. The molecule has 1 aliphatic rings. The highest BCUT2D eigenvalue weighted by atomic mass is 16.5. The molecule has 2 amide bonds. The van der Waals surface area contributed by atoms with Gasteiger partial charge in [-0.25, -0.2) is 0 Å². The average molecular weight is 258 g/mol. The number of amides is 2. The Balaban J connectivity index is 2.68. The number of carbonyl (C=O) groups is 2. The number of aliphatic hydroxyl groups is 1. The summed E-state index contributed by atoms with van der Waals surface area (Å²) in [6.07, 6.45) is -0.698. The Hall–Kier alpha value is -1.14. The van der Waals surface area contributed by atoms with Crippen LogP contribution >= 0.6 is 0 Å². The molecule has 1 atom stereocenters. The van der Waals surface area contributed by atoms with E-state index in [2.05, 4.69) is 0 Å². The zero-order valence-corrected chi connectivity index (χ0v) is 11.3. The normalized spacial score (nSPS) is 21.4. The van der Waals surface area contributed by atoms with Crippen molar-refractivity contribution in [2.24, 2.45) is 5.92 Å². The van der Waals surface area contributed by atoms with Crippen molar-refractivity contribution in [2.75, 3.05) is 39.9 Å². The summed E-state index contributed by atoms with van der Waals surface area (Å²) in [6.45, 7) is 5.05. The van der Waals surface area contributed by atoms with Crippen LogP contribution in [0.2, 0.25) is 0 Å². The van der Waals surface area contributed by atoms with E-state index in [9.17, 15) is 14.7 Å². The lowest BCUT2D eigenvalue weighted by molar-refractivity contribution is -0.141. The third-order valence-electron chi connectivity index (χ3n) is 2.75. The molecule has 0 aliphatic carbocycles. The fourth-order valence-electron chi connectivity index (χ4n) is 2.02. The van der Waals surface area contributed by atoms with Gasteiger partial charge >= 0.3 is 0 Å². The molecule has 18 heavy (non-hydrogen) atoms. The zero-order chi connectivity index (χ0) is 13.7. The van der Waals surface area contributed by atoms with Crippen LogP contribution in [0, 0.1) is 5.92 Å². The molecule has 1 saturated heterocycles. The number of methoxy groups -OCH3 is 1. The molecule has 1 heterocycles. The van der Waals surface area contributed by atoms with Crippen molar-refractivity contribution in [3.63, 3.8) is 0 Å². The molecular formula is C12H22N2O4. The van der Waals surface area contributed by atoms with E-state index in [1.165, 1.54) is 12.0 Å². The molecule has 6 nitrogen and oxygen atoms in total. The minimum atomic E-state index is -0.698. The van der Waals surface area contributed by atoms with Crippen LogP contribution in [-0.4, -0.2) is 72.7 Å². The number of rotatable bonds is 4. The van der Waals surface area contributed by atoms with E-state index in [0.29, 0.717) is 12.5 Å². The van der Waals surface area contributed by atoms with Crippen LogP contribution in [-0.2, 0) is 14.3 Å². The highest BCUT2D eigenvalue weighted by molar-refractivity contribution is 5.85. The van der Waals surface area contributed by atoms with Crippen LogP contribution in [0.1, 0.15) is 13.8 Å². The molecule has 0 radical (unpaired) electrons. The summed E-state index contributed by atoms with van der Waals surface area (Å²) in [4.78, 5) is 26.7. The van der Waals surface area contributed by atoms with Crippen molar-refractivity contribution >= 4 is 11.8 Å². The third kappa shape index (κ3) is 4.27. The van der Waals surface area contributed by atoms with E-state index in [4.69, 9.17) is 4.74 Å². The van der Waals surface area contributed by atoms with Crippen molar-refractivity contribution in [2.45, 2.75) is 20.0 Å². The van der Waals surface area contributed by atoms with Gasteiger partial charge in [0.25, 0.3) is 0 Å². The standard InChI is InChI=1S/C12H22N2O4/c1-9(2)4-13-5-10(15)6-14(7-11(13)16)12(17)8-18-3/h9-10,15H,4-8H2,1-3H3. The van der Waals surface area contributed by atoms with Gasteiger partial charge in [-0.05, 0) is 5.92 Å². The third-order valence-corrected chi connectivity index (χ3v) is 2.75. The van der Waals surface area contributed by atoms with Gasteiger partial charge in [0.2, 0.25) is 11.8 Å². The van der Waals surface area contributed by atoms with Gasteiger partial charge in [0.15, 0.2) is 0 Å². The quantitative estimate of drug-likeness (QED) is 0.725. The maximum Gasteiger partial charge on any atom is 0.249 e. The monoisotopic (exact) mass is 258 g/mol. The van der Waals surface area contributed by atoms with Gasteiger partial charge in [0.05, 0.1) is 12.6 Å². The molecule has 0 saturated carbocycles. The van der Waals surface area contributed by atoms with Gasteiger partial charge < -0.3 is 19.6 Å². The summed E-state index contributed by atoms with van der Waals surface area (Å²) in [5.74, 6) is -0.0524. The molecule has 0 bridgehead atoms. The van der Waals surface area contributed by atoms with Crippen LogP contribution in [0.15, 0.2) is 0 Å². The van der Waals surface area contributed by atoms with Crippen molar-refractivity contribution in [3.8, 4) is 0 Å². The van der Waals surface area contributed by atoms with E-state index in [0.717, 1.165) is 0 Å². The van der Waals surface area contributed by atoms with Gasteiger partial charge in [0.1, 0.15) is 6.61 Å². The average Bonchev–Trinajstić information content (AvgIpc) is 2.38. The Kier molecular flexibility index (Phi) is 5.55. The predicted molar refractivity (Wildman–Crippen MR) is 65.9 cm³/mol. The lowest BCUT2D eigenvalue weighted by atomic mass is 10.2. The number of carbonyl (C=O) groups excluding carboxylic acids is 2. The highest BCUT2D eigenvalue weighted by Crippen LogP contribution is 2.08.